The summed E-state index contributed by atoms with van der Waals surface area (Å²) in [6.45, 7) is 2.12. The number of hydrogen-bond acceptors (Lipinski definition) is 3. The van der Waals surface area contributed by atoms with Crippen LogP contribution in [0.3, 0.4) is 0 Å². The molecule has 2 aromatic carbocycles. The maximum atomic E-state index is 9.50. The number of pyridine rings is 1. The first-order valence-electron chi connectivity index (χ1n) is 7.69. The maximum Gasteiger partial charge on any atom is 0.142 e. The minimum atomic E-state index is 0.250. The third-order valence-corrected chi connectivity index (χ3v) is 4.67. The van der Waals surface area contributed by atoms with E-state index in [2.05, 4.69) is 46.0 Å². The molecule has 4 heteroatoms. The monoisotopic (exact) mass is 377 g/mol. The number of aryl methyl sites for hydroxylation is 1. The van der Waals surface area contributed by atoms with Gasteiger partial charge in [-0.1, -0.05) is 65.3 Å². The van der Waals surface area contributed by atoms with Gasteiger partial charge in [-0.15, -0.1) is 0 Å². The van der Waals surface area contributed by atoms with Crippen molar-refractivity contribution in [2.24, 2.45) is 0 Å². The van der Waals surface area contributed by atoms with E-state index in [0.29, 0.717) is 5.56 Å². The maximum absolute atomic E-state index is 9.50. The van der Waals surface area contributed by atoms with Crippen molar-refractivity contribution in [1.82, 2.24) is 4.98 Å². The molecule has 1 heterocycles. The van der Waals surface area contributed by atoms with Gasteiger partial charge >= 0.3 is 0 Å². The predicted molar refractivity (Wildman–Crippen MR) is 101 cm³/mol. The molecule has 0 bridgehead atoms. The highest BCUT2D eigenvalue weighted by Crippen LogP contribution is 2.34. The summed E-state index contributed by atoms with van der Waals surface area (Å²) in [5.74, 6) is 0.250. The summed E-state index contributed by atoms with van der Waals surface area (Å²) < 4.78 is 0.939. The summed E-state index contributed by atoms with van der Waals surface area (Å²) in [5.41, 5.74) is 11.2. The molecule has 0 aliphatic rings. The fourth-order valence-electron chi connectivity index (χ4n) is 2.64. The van der Waals surface area contributed by atoms with E-state index in [1.165, 1.54) is 5.56 Å². The predicted octanol–water partition coefficient (Wildman–Crippen LogP) is 5.19. The molecule has 0 saturated heterocycles. The first-order chi connectivity index (χ1) is 11.6. The summed E-state index contributed by atoms with van der Waals surface area (Å²) in [5, 5.41) is 9.50. The summed E-state index contributed by atoms with van der Waals surface area (Å²) in [6, 6.07) is 20.1. The number of halogens is 1. The molecule has 0 fully saturated rings. The van der Waals surface area contributed by atoms with E-state index < -0.39 is 0 Å². The highest BCUT2D eigenvalue weighted by atomic mass is 79.9. The smallest absolute Gasteiger partial charge is 0.142 e. The van der Waals surface area contributed by atoms with Crippen molar-refractivity contribution in [2.45, 2.75) is 13.3 Å². The normalized spacial score (nSPS) is 10.4. The van der Waals surface area contributed by atoms with Crippen molar-refractivity contribution in [3.05, 3.63) is 70.2 Å². The van der Waals surface area contributed by atoms with E-state index in [1.807, 2.05) is 42.5 Å². The lowest BCUT2D eigenvalue weighted by molar-refractivity contribution is 1.14. The van der Waals surface area contributed by atoms with Crippen LogP contribution in [0, 0.1) is 11.3 Å². The van der Waals surface area contributed by atoms with E-state index >= 15 is 0 Å². The topological polar surface area (TPSA) is 62.7 Å². The number of aromatic nitrogens is 1. The number of hydrogen-bond donors (Lipinski definition) is 1. The Bertz CT molecular complexity index is 925. The number of nitriles is 1. The first kappa shape index (κ1) is 16.2. The van der Waals surface area contributed by atoms with Crippen molar-refractivity contribution in [3.63, 3.8) is 0 Å². The van der Waals surface area contributed by atoms with Gasteiger partial charge in [0, 0.05) is 15.6 Å². The molecule has 0 radical (unpaired) electrons. The van der Waals surface area contributed by atoms with Gasteiger partial charge in [-0.25, -0.2) is 4.98 Å². The largest absolute Gasteiger partial charge is 0.383 e. The van der Waals surface area contributed by atoms with Gasteiger partial charge in [0.05, 0.1) is 5.69 Å². The molecule has 3 rings (SSSR count). The van der Waals surface area contributed by atoms with Gasteiger partial charge in [0.2, 0.25) is 0 Å². The van der Waals surface area contributed by atoms with Crippen LogP contribution in [0.4, 0.5) is 5.82 Å². The second kappa shape index (κ2) is 6.86. The number of rotatable bonds is 3. The Morgan fingerprint density at radius 1 is 1.08 bits per heavy atom. The Hall–Kier alpha value is -2.64. The van der Waals surface area contributed by atoms with Crippen LogP contribution in [0.1, 0.15) is 18.1 Å². The lowest BCUT2D eigenvalue weighted by atomic mass is 9.97. The molecule has 3 aromatic rings. The molecule has 3 nitrogen and oxygen atoms in total. The summed E-state index contributed by atoms with van der Waals surface area (Å²) in [7, 11) is 0. The molecule has 0 unspecified atom stereocenters. The van der Waals surface area contributed by atoms with Gasteiger partial charge in [0.1, 0.15) is 17.5 Å². The van der Waals surface area contributed by atoms with Crippen LogP contribution in [0.5, 0.6) is 0 Å². The zero-order valence-corrected chi connectivity index (χ0v) is 14.8. The van der Waals surface area contributed by atoms with Gasteiger partial charge in [-0.3, -0.25) is 0 Å². The zero-order valence-electron chi connectivity index (χ0n) is 13.3. The number of nitrogens with two attached hydrogens (primary N) is 1. The van der Waals surface area contributed by atoms with Crippen LogP contribution in [0.15, 0.2) is 59.1 Å². The summed E-state index contributed by atoms with van der Waals surface area (Å²) in [6.07, 6.45) is 0.978. The molecular formula is C20H16BrN3. The van der Waals surface area contributed by atoms with Crippen molar-refractivity contribution >= 4 is 21.7 Å². The SMILES string of the molecule is CCc1ccc(-c2cc(-c3ccccc3Br)nc(N)c2C#N)cc1. The van der Waals surface area contributed by atoms with E-state index in [0.717, 1.165) is 33.3 Å². The van der Waals surface area contributed by atoms with Gasteiger partial charge < -0.3 is 5.73 Å². The van der Waals surface area contributed by atoms with Crippen LogP contribution < -0.4 is 5.73 Å². The van der Waals surface area contributed by atoms with E-state index in [1.54, 1.807) is 0 Å². The number of nitrogen functional groups attached to an aromatic ring is 1. The fourth-order valence-corrected chi connectivity index (χ4v) is 3.12. The highest BCUT2D eigenvalue weighted by Gasteiger charge is 2.14. The van der Waals surface area contributed by atoms with Crippen LogP contribution in [-0.4, -0.2) is 4.98 Å². The lowest BCUT2D eigenvalue weighted by Crippen LogP contribution is -2.00. The molecule has 24 heavy (non-hydrogen) atoms. The van der Waals surface area contributed by atoms with Gasteiger partial charge in [0.25, 0.3) is 0 Å². The molecule has 118 valence electrons. The molecule has 0 amide bonds. The molecule has 0 aliphatic heterocycles. The minimum Gasteiger partial charge on any atom is -0.383 e. The van der Waals surface area contributed by atoms with Crippen molar-refractivity contribution < 1.29 is 0 Å². The standard InChI is InChI=1S/C20H16BrN3/c1-2-13-7-9-14(10-8-13)16-11-19(24-20(23)17(16)12-22)15-5-3-4-6-18(15)21/h3-11H,2H2,1H3,(H2,23,24). The minimum absolute atomic E-state index is 0.250. The van der Waals surface area contributed by atoms with E-state index in [9.17, 15) is 5.26 Å². The highest BCUT2D eigenvalue weighted by molar-refractivity contribution is 9.10. The Kier molecular flexibility index (Phi) is 4.64. The van der Waals surface area contributed by atoms with Crippen LogP contribution in [0.25, 0.3) is 22.4 Å². The Morgan fingerprint density at radius 2 is 1.79 bits per heavy atom. The second-order valence-electron chi connectivity index (χ2n) is 5.46. The van der Waals surface area contributed by atoms with E-state index in [-0.39, 0.29) is 5.82 Å². The number of nitrogens with zero attached hydrogens (tertiary/aromatic N) is 2. The molecule has 0 aliphatic carbocycles. The van der Waals surface area contributed by atoms with Gasteiger partial charge in [0.15, 0.2) is 0 Å². The molecule has 0 saturated carbocycles. The second-order valence-corrected chi connectivity index (χ2v) is 6.31. The van der Waals surface area contributed by atoms with Crippen LogP contribution in [-0.2, 0) is 6.42 Å². The third-order valence-electron chi connectivity index (χ3n) is 3.98. The lowest BCUT2D eigenvalue weighted by Gasteiger charge is -2.11. The third kappa shape index (κ3) is 3.04. The quantitative estimate of drug-likeness (QED) is 0.682. The van der Waals surface area contributed by atoms with Crippen molar-refractivity contribution in [3.8, 4) is 28.5 Å². The van der Waals surface area contributed by atoms with Crippen molar-refractivity contribution in [1.29, 1.82) is 5.26 Å². The van der Waals surface area contributed by atoms with Crippen LogP contribution >= 0.6 is 15.9 Å². The molecular weight excluding hydrogens is 362 g/mol. The van der Waals surface area contributed by atoms with Crippen LogP contribution in [0.2, 0.25) is 0 Å². The Balaban J connectivity index is 2.21. The first-order valence-corrected chi connectivity index (χ1v) is 8.48. The molecule has 0 atom stereocenters. The summed E-state index contributed by atoms with van der Waals surface area (Å²) in [4.78, 5) is 4.42. The number of anilines is 1. The Morgan fingerprint density at radius 3 is 2.42 bits per heavy atom. The average molecular weight is 378 g/mol. The van der Waals surface area contributed by atoms with Gasteiger partial charge in [-0.05, 0) is 29.7 Å². The fraction of sp³-hybridized carbons (Fsp3) is 0.100. The molecule has 0 spiro atoms. The Labute approximate surface area is 149 Å². The van der Waals surface area contributed by atoms with E-state index in [4.69, 9.17) is 5.73 Å². The number of benzene rings is 2. The zero-order chi connectivity index (χ0) is 17.1. The summed E-state index contributed by atoms with van der Waals surface area (Å²) >= 11 is 3.55. The van der Waals surface area contributed by atoms with Gasteiger partial charge in [-0.2, -0.15) is 5.26 Å². The average Bonchev–Trinajstić information content (AvgIpc) is 2.61. The van der Waals surface area contributed by atoms with Crippen molar-refractivity contribution in [2.75, 3.05) is 5.73 Å². The molecule has 1 aromatic heterocycles. The molecule has 2 N–H and O–H groups in total.